The Balaban J connectivity index is 0. The van der Waals surface area contributed by atoms with Gasteiger partial charge in [0.15, 0.2) is 11.4 Å². The van der Waals surface area contributed by atoms with Crippen LogP contribution in [0.5, 0.6) is 5.75 Å². The first kappa shape index (κ1) is 20.3. The zero-order valence-electron chi connectivity index (χ0n) is 11.1. The second-order valence-corrected chi connectivity index (χ2v) is 3.91. The van der Waals surface area contributed by atoms with E-state index in [1.807, 2.05) is 13.8 Å². The number of rotatable bonds is 6. The van der Waals surface area contributed by atoms with Gasteiger partial charge in [-0.2, -0.15) is 0 Å². The molecule has 1 rings (SSSR count). The molecule has 110 valence electrons. The lowest BCUT2D eigenvalue weighted by atomic mass is 10.3. The summed E-state index contributed by atoms with van der Waals surface area (Å²) in [5, 5.41) is 2.75. The molecule has 1 heterocycles. The normalized spacial score (nSPS) is 9.26. The summed E-state index contributed by atoms with van der Waals surface area (Å²) < 4.78 is 5.52. The fourth-order valence-corrected chi connectivity index (χ4v) is 1.30. The Kier molecular flexibility index (Phi) is 11.6. The molecule has 1 aromatic rings. The van der Waals surface area contributed by atoms with E-state index in [9.17, 15) is 4.79 Å². The van der Waals surface area contributed by atoms with E-state index in [2.05, 4.69) is 10.3 Å². The van der Waals surface area contributed by atoms with Crippen LogP contribution in [0.15, 0.2) is 18.3 Å². The third kappa shape index (κ3) is 7.20. The van der Waals surface area contributed by atoms with E-state index in [-0.39, 0.29) is 36.8 Å². The smallest absolute Gasteiger partial charge is 0.273 e. The quantitative estimate of drug-likeness (QED) is 0.785. The van der Waals surface area contributed by atoms with Crippen LogP contribution >= 0.6 is 24.8 Å². The number of halogens is 2. The molecular weight excluding hydrogens is 289 g/mol. The van der Waals surface area contributed by atoms with Gasteiger partial charge in [-0.15, -0.1) is 24.8 Å². The van der Waals surface area contributed by atoms with Crippen molar-refractivity contribution in [1.29, 1.82) is 0 Å². The lowest BCUT2D eigenvalue weighted by Gasteiger charge is -2.12. The molecule has 0 unspecified atom stereocenters. The summed E-state index contributed by atoms with van der Waals surface area (Å²) in [5.74, 6) is 0.280. The fraction of sp³-hybridized carbons (Fsp3) is 0.500. The average molecular weight is 310 g/mol. The van der Waals surface area contributed by atoms with Crippen LogP contribution in [0.3, 0.4) is 0 Å². The van der Waals surface area contributed by atoms with E-state index in [1.165, 1.54) is 0 Å². The second kappa shape index (κ2) is 10.8. The van der Waals surface area contributed by atoms with E-state index < -0.39 is 0 Å². The van der Waals surface area contributed by atoms with Crippen LogP contribution < -0.4 is 15.8 Å². The van der Waals surface area contributed by atoms with E-state index in [1.54, 1.807) is 18.3 Å². The molecule has 1 aromatic heterocycles. The van der Waals surface area contributed by atoms with Crippen LogP contribution in [0, 0.1) is 0 Å². The summed E-state index contributed by atoms with van der Waals surface area (Å²) in [5.41, 5.74) is 5.68. The van der Waals surface area contributed by atoms with E-state index in [0.29, 0.717) is 24.5 Å². The van der Waals surface area contributed by atoms with Crippen molar-refractivity contribution in [1.82, 2.24) is 10.3 Å². The van der Waals surface area contributed by atoms with Gasteiger partial charge in [0.05, 0.1) is 6.10 Å². The second-order valence-electron chi connectivity index (χ2n) is 3.91. The Morgan fingerprint density at radius 3 is 2.74 bits per heavy atom. The highest BCUT2D eigenvalue weighted by Gasteiger charge is 2.13. The Morgan fingerprint density at radius 2 is 2.16 bits per heavy atom. The van der Waals surface area contributed by atoms with Gasteiger partial charge in [-0.3, -0.25) is 4.79 Å². The molecule has 0 saturated carbocycles. The van der Waals surface area contributed by atoms with Crippen LogP contribution in [0.1, 0.15) is 30.8 Å². The number of nitrogens with two attached hydrogens (primary N) is 1. The molecule has 0 fully saturated rings. The summed E-state index contributed by atoms with van der Waals surface area (Å²) in [6.07, 6.45) is 2.33. The Hall–Kier alpha value is -1.04. The van der Waals surface area contributed by atoms with Crippen molar-refractivity contribution in [3.05, 3.63) is 24.0 Å². The van der Waals surface area contributed by atoms with Crippen LogP contribution in [0.2, 0.25) is 0 Å². The van der Waals surface area contributed by atoms with Crippen LogP contribution in [0.4, 0.5) is 0 Å². The zero-order chi connectivity index (χ0) is 12.7. The lowest BCUT2D eigenvalue weighted by molar-refractivity contribution is 0.0942. The SMILES string of the molecule is CC(C)Oc1cccnc1C(=O)NCCCN.Cl.Cl. The fourth-order valence-electron chi connectivity index (χ4n) is 1.30. The number of carbonyl (C=O) groups excluding carboxylic acids is 1. The number of hydrogen-bond donors (Lipinski definition) is 2. The predicted molar refractivity (Wildman–Crippen MR) is 80.5 cm³/mol. The van der Waals surface area contributed by atoms with Crippen molar-refractivity contribution >= 4 is 30.7 Å². The first-order valence-corrected chi connectivity index (χ1v) is 5.75. The Labute approximate surface area is 126 Å². The molecule has 19 heavy (non-hydrogen) atoms. The summed E-state index contributed by atoms with van der Waals surface area (Å²) in [4.78, 5) is 15.9. The monoisotopic (exact) mass is 309 g/mol. The maximum Gasteiger partial charge on any atom is 0.273 e. The molecule has 0 spiro atoms. The maximum atomic E-state index is 11.8. The number of nitrogens with zero attached hydrogens (tertiary/aromatic N) is 1. The highest BCUT2D eigenvalue weighted by Crippen LogP contribution is 2.16. The summed E-state index contributed by atoms with van der Waals surface area (Å²) in [6.45, 7) is 4.91. The number of pyridine rings is 1. The molecule has 7 heteroatoms. The zero-order valence-corrected chi connectivity index (χ0v) is 12.7. The maximum absolute atomic E-state index is 11.8. The van der Waals surface area contributed by atoms with Crippen molar-refractivity contribution in [2.45, 2.75) is 26.4 Å². The lowest BCUT2D eigenvalue weighted by Crippen LogP contribution is -2.27. The molecule has 0 aliphatic rings. The predicted octanol–water partition coefficient (Wildman–Crippen LogP) is 1.79. The summed E-state index contributed by atoms with van der Waals surface area (Å²) in [7, 11) is 0. The van der Waals surface area contributed by atoms with Gasteiger partial charge in [-0.05, 0) is 38.9 Å². The van der Waals surface area contributed by atoms with Crippen molar-refractivity contribution in [3.63, 3.8) is 0 Å². The molecule has 1 amide bonds. The van der Waals surface area contributed by atoms with Gasteiger partial charge in [-0.25, -0.2) is 4.98 Å². The first-order valence-electron chi connectivity index (χ1n) is 5.75. The minimum Gasteiger partial charge on any atom is -0.489 e. The van der Waals surface area contributed by atoms with Crippen LogP contribution in [-0.4, -0.2) is 30.1 Å². The van der Waals surface area contributed by atoms with Crippen LogP contribution in [0.25, 0.3) is 0 Å². The van der Waals surface area contributed by atoms with Crippen molar-refractivity contribution in [2.75, 3.05) is 13.1 Å². The number of carbonyl (C=O) groups is 1. The Morgan fingerprint density at radius 1 is 1.47 bits per heavy atom. The van der Waals surface area contributed by atoms with Gasteiger partial charge in [0.25, 0.3) is 5.91 Å². The molecule has 0 aromatic carbocycles. The van der Waals surface area contributed by atoms with Gasteiger partial charge < -0.3 is 15.8 Å². The van der Waals surface area contributed by atoms with E-state index >= 15 is 0 Å². The molecule has 3 N–H and O–H groups in total. The van der Waals surface area contributed by atoms with E-state index in [0.717, 1.165) is 6.42 Å². The van der Waals surface area contributed by atoms with E-state index in [4.69, 9.17) is 10.5 Å². The molecule has 0 aliphatic carbocycles. The highest BCUT2D eigenvalue weighted by atomic mass is 35.5. The van der Waals surface area contributed by atoms with Gasteiger partial charge >= 0.3 is 0 Å². The average Bonchev–Trinajstić information content (AvgIpc) is 2.29. The van der Waals surface area contributed by atoms with Gasteiger partial charge in [-0.1, -0.05) is 0 Å². The van der Waals surface area contributed by atoms with Crippen molar-refractivity contribution < 1.29 is 9.53 Å². The Bertz CT molecular complexity index is 376. The highest BCUT2D eigenvalue weighted by molar-refractivity contribution is 5.94. The minimum atomic E-state index is -0.227. The molecule has 0 bridgehead atoms. The first-order chi connectivity index (χ1) is 8.15. The number of aromatic nitrogens is 1. The van der Waals surface area contributed by atoms with Gasteiger partial charge in [0.1, 0.15) is 0 Å². The number of hydrogen-bond acceptors (Lipinski definition) is 4. The molecule has 0 aliphatic heterocycles. The number of amides is 1. The number of ether oxygens (including phenoxy) is 1. The van der Waals surface area contributed by atoms with Crippen LogP contribution in [-0.2, 0) is 0 Å². The largest absolute Gasteiger partial charge is 0.489 e. The third-order valence-corrected chi connectivity index (χ3v) is 2.01. The topological polar surface area (TPSA) is 77.2 Å². The molecule has 0 radical (unpaired) electrons. The van der Waals surface area contributed by atoms with Gasteiger partial charge in [0.2, 0.25) is 0 Å². The molecular formula is C12H21Cl2N3O2. The summed E-state index contributed by atoms with van der Waals surface area (Å²) in [6, 6.07) is 3.49. The van der Waals surface area contributed by atoms with Crippen molar-refractivity contribution in [2.24, 2.45) is 5.73 Å². The van der Waals surface area contributed by atoms with Gasteiger partial charge in [0, 0.05) is 12.7 Å². The third-order valence-electron chi connectivity index (χ3n) is 2.01. The standard InChI is InChI=1S/C12H19N3O2.2ClH/c1-9(2)17-10-5-3-7-14-11(10)12(16)15-8-4-6-13;;/h3,5,7,9H,4,6,8,13H2,1-2H3,(H,15,16);2*1H. The summed E-state index contributed by atoms with van der Waals surface area (Å²) >= 11 is 0. The molecule has 0 atom stereocenters. The molecule has 5 nitrogen and oxygen atoms in total. The van der Waals surface area contributed by atoms with Crippen molar-refractivity contribution in [3.8, 4) is 5.75 Å². The molecule has 0 saturated heterocycles. The minimum absolute atomic E-state index is 0. The number of nitrogens with one attached hydrogen (secondary N) is 1.